The summed E-state index contributed by atoms with van der Waals surface area (Å²) in [4.78, 5) is 4.60. The SMILES string of the molecule is Cn1c(SCc2csc(Nc3ccccc3)n2)nnc1C1CCS(=O)(=O)C1. The van der Waals surface area contributed by atoms with E-state index < -0.39 is 9.84 Å². The molecule has 3 aromatic rings. The lowest BCUT2D eigenvalue weighted by Crippen LogP contribution is -2.09. The molecule has 0 spiro atoms. The summed E-state index contributed by atoms with van der Waals surface area (Å²) in [6.45, 7) is 0. The highest BCUT2D eigenvalue weighted by Crippen LogP contribution is 2.31. The van der Waals surface area contributed by atoms with Crippen LogP contribution < -0.4 is 5.32 Å². The Bertz CT molecular complexity index is 1030. The standard InChI is InChI=1S/C17H19N5O2S3/c1-22-15(12-7-8-27(23,24)11-12)20-21-17(22)26-10-14-9-25-16(19-14)18-13-5-3-2-4-6-13/h2-6,9,12H,7-8,10-11H2,1H3,(H,18,19). The van der Waals surface area contributed by atoms with Crippen LogP contribution in [-0.4, -0.2) is 39.7 Å². The molecule has 1 saturated heterocycles. The normalized spacial score (nSPS) is 18.6. The Labute approximate surface area is 166 Å². The lowest BCUT2D eigenvalue weighted by Gasteiger charge is -2.07. The molecular weight excluding hydrogens is 402 g/mol. The van der Waals surface area contributed by atoms with E-state index >= 15 is 0 Å². The van der Waals surface area contributed by atoms with Crippen molar-refractivity contribution in [1.29, 1.82) is 0 Å². The molecule has 2 aromatic heterocycles. The molecule has 1 N–H and O–H groups in total. The van der Waals surface area contributed by atoms with Crippen molar-refractivity contribution in [1.82, 2.24) is 19.7 Å². The molecule has 142 valence electrons. The number of nitrogens with one attached hydrogen (secondary N) is 1. The van der Waals surface area contributed by atoms with E-state index in [9.17, 15) is 8.42 Å². The van der Waals surface area contributed by atoms with E-state index in [-0.39, 0.29) is 17.4 Å². The lowest BCUT2D eigenvalue weighted by molar-refractivity contribution is 0.599. The Balaban J connectivity index is 1.38. The minimum absolute atomic E-state index is 0.0530. The smallest absolute Gasteiger partial charge is 0.191 e. The molecule has 0 bridgehead atoms. The number of nitrogens with zero attached hydrogens (tertiary/aromatic N) is 4. The van der Waals surface area contributed by atoms with Crippen LogP contribution >= 0.6 is 23.1 Å². The maximum absolute atomic E-state index is 11.7. The molecule has 1 aliphatic rings. The zero-order chi connectivity index (χ0) is 18.9. The third-order valence-corrected chi connectivity index (χ3v) is 8.02. The minimum Gasteiger partial charge on any atom is -0.332 e. The van der Waals surface area contributed by atoms with Crippen LogP contribution in [0.2, 0.25) is 0 Å². The second-order valence-corrected chi connectivity index (χ2v) is 10.5. The Morgan fingerprint density at radius 3 is 2.85 bits per heavy atom. The van der Waals surface area contributed by atoms with E-state index in [0.717, 1.165) is 27.5 Å². The van der Waals surface area contributed by atoms with Crippen molar-refractivity contribution in [2.75, 3.05) is 16.8 Å². The zero-order valence-corrected chi connectivity index (χ0v) is 17.1. The fourth-order valence-electron chi connectivity index (χ4n) is 3.02. The first-order valence-electron chi connectivity index (χ1n) is 8.49. The molecule has 0 radical (unpaired) electrons. The molecule has 0 saturated carbocycles. The maximum atomic E-state index is 11.7. The van der Waals surface area contributed by atoms with E-state index in [4.69, 9.17) is 0 Å². The van der Waals surface area contributed by atoms with Gasteiger partial charge in [0.05, 0.1) is 17.2 Å². The van der Waals surface area contributed by atoms with E-state index in [1.54, 1.807) is 23.1 Å². The summed E-state index contributed by atoms with van der Waals surface area (Å²) < 4.78 is 25.3. The number of benzene rings is 1. The van der Waals surface area contributed by atoms with Crippen LogP contribution in [0.1, 0.15) is 23.9 Å². The molecule has 27 heavy (non-hydrogen) atoms. The van der Waals surface area contributed by atoms with Gasteiger partial charge in [0.15, 0.2) is 20.1 Å². The van der Waals surface area contributed by atoms with E-state index in [1.165, 1.54) is 0 Å². The van der Waals surface area contributed by atoms with E-state index in [1.807, 2.05) is 47.3 Å². The minimum atomic E-state index is -2.93. The summed E-state index contributed by atoms with van der Waals surface area (Å²) in [5.41, 5.74) is 1.98. The van der Waals surface area contributed by atoms with Gasteiger partial charge in [-0.2, -0.15) is 0 Å². The third kappa shape index (κ3) is 4.33. The molecule has 1 aliphatic heterocycles. The van der Waals surface area contributed by atoms with Gasteiger partial charge in [-0.05, 0) is 18.6 Å². The van der Waals surface area contributed by atoms with Gasteiger partial charge in [-0.1, -0.05) is 30.0 Å². The largest absolute Gasteiger partial charge is 0.332 e. The fourth-order valence-corrected chi connectivity index (χ4v) is 6.41. The van der Waals surface area contributed by atoms with Crippen molar-refractivity contribution < 1.29 is 8.42 Å². The highest BCUT2D eigenvalue weighted by molar-refractivity contribution is 7.98. The number of thiazole rings is 1. The van der Waals surface area contributed by atoms with Gasteiger partial charge in [-0.25, -0.2) is 13.4 Å². The van der Waals surface area contributed by atoms with Gasteiger partial charge < -0.3 is 9.88 Å². The van der Waals surface area contributed by atoms with Crippen LogP contribution in [0.3, 0.4) is 0 Å². The van der Waals surface area contributed by atoms with Crippen LogP contribution in [0.25, 0.3) is 0 Å². The highest BCUT2D eigenvalue weighted by Gasteiger charge is 2.32. The average molecular weight is 422 g/mol. The number of rotatable bonds is 6. The molecule has 0 aliphatic carbocycles. The summed E-state index contributed by atoms with van der Waals surface area (Å²) in [6, 6.07) is 9.94. The fraction of sp³-hybridized carbons (Fsp3) is 0.353. The predicted molar refractivity (Wildman–Crippen MR) is 108 cm³/mol. The molecule has 3 heterocycles. The molecule has 4 rings (SSSR count). The maximum Gasteiger partial charge on any atom is 0.191 e. The molecule has 7 nitrogen and oxygen atoms in total. The number of sulfone groups is 1. The molecule has 1 aromatic carbocycles. The van der Waals surface area contributed by atoms with Crippen LogP contribution in [0, 0.1) is 0 Å². The summed E-state index contributed by atoms with van der Waals surface area (Å²) in [5.74, 6) is 1.79. The van der Waals surface area contributed by atoms with Crippen LogP contribution in [0.5, 0.6) is 0 Å². The van der Waals surface area contributed by atoms with Crippen molar-refractivity contribution >= 4 is 43.8 Å². The Morgan fingerprint density at radius 1 is 1.30 bits per heavy atom. The molecule has 1 atom stereocenters. The van der Waals surface area contributed by atoms with Gasteiger partial charge in [-0.3, -0.25) is 0 Å². The highest BCUT2D eigenvalue weighted by atomic mass is 32.2. The summed E-state index contributed by atoms with van der Waals surface area (Å²) in [6.07, 6.45) is 0.625. The zero-order valence-electron chi connectivity index (χ0n) is 14.7. The summed E-state index contributed by atoms with van der Waals surface area (Å²) in [7, 11) is -1.04. The van der Waals surface area contributed by atoms with Crippen molar-refractivity contribution in [2.24, 2.45) is 7.05 Å². The van der Waals surface area contributed by atoms with Crippen molar-refractivity contribution in [3.63, 3.8) is 0 Å². The molecule has 1 fully saturated rings. The summed E-state index contributed by atoms with van der Waals surface area (Å²) in [5, 5.41) is 15.4. The monoisotopic (exact) mass is 421 g/mol. The predicted octanol–water partition coefficient (Wildman–Crippen LogP) is 3.21. The molecular formula is C17H19N5O2S3. The van der Waals surface area contributed by atoms with Crippen molar-refractivity contribution in [3.05, 3.63) is 47.2 Å². The number of hydrogen-bond donors (Lipinski definition) is 1. The first-order chi connectivity index (χ1) is 13.0. The molecule has 1 unspecified atom stereocenters. The van der Waals surface area contributed by atoms with Gasteiger partial charge in [0, 0.05) is 29.8 Å². The van der Waals surface area contributed by atoms with Gasteiger partial charge in [0.2, 0.25) is 0 Å². The Kier molecular flexibility index (Phi) is 5.20. The lowest BCUT2D eigenvalue weighted by atomic mass is 10.1. The number of aromatic nitrogens is 4. The first kappa shape index (κ1) is 18.5. The molecule has 10 heteroatoms. The van der Waals surface area contributed by atoms with Crippen LogP contribution in [0.15, 0.2) is 40.9 Å². The number of anilines is 2. The van der Waals surface area contributed by atoms with Crippen molar-refractivity contribution in [2.45, 2.75) is 23.2 Å². The third-order valence-electron chi connectivity index (χ3n) is 4.39. The van der Waals surface area contributed by atoms with Crippen molar-refractivity contribution in [3.8, 4) is 0 Å². The Hall–Kier alpha value is -1.91. The number of para-hydroxylation sites is 1. The van der Waals surface area contributed by atoms with Gasteiger partial charge >= 0.3 is 0 Å². The number of thioether (sulfide) groups is 1. The second-order valence-electron chi connectivity index (χ2n) is 6.42. The number of hydrogen-bond acceptors (Lipinski definition) is 8. The van der Waals surface area contributed by atoms with Gasteiger partial charge in [0.25, 0.3) is 0 Å². The second kappa shape index (κ2) is 7.61. The quantitative estimate of drug-likeness (QED) is 0.611. The van der Waals surface area contributed by atoms with Crippen LogP contribution in [0.4, 0.5) is 10.8 Å². The average Bonchev–Trinajstić information content (AvgIpc) is 3.33. The first-order valence-corrected chi connectivity index (χ1v) is 12.2. The van der Waals surface area contributed by atoms with Gasteiger partial charge in [-0.15, -0.1) is 21.5 Å². The Morgan fingerprint density at radius 2 is 2.11 bits per heavy atom. The molecule has 0 amide bonds. The van der Waals surface area contributed by atoms with E-state index in [0.29, 0.717) is 12.2 Å². The van der Waals surface area contributed by atoms with Crippen LogP contribution in [-0.2, 0) is 22.6 Å². The van der Waals surface area contributed by atoms with E-state index in [2.05, 4.69) is 20.5 Å². The summed E-state index contributed by atoms with van der Waals surface area (Å²) >= 11 is 3.12. The topological polar surface area (TPSA) is 89.8 Å². The van der Waals surface area contributed by atoms with Gasteiger partial charge in [0.1, 0.15) is 5.82 Å².